The lowest BCUT2D eigenvalue weighted by Crippen LogP contribution is -2.32. The molecule has 2 heterocycles. The highest BCUT2D eigenvalue weighted by Crippen LogP contribution is 2.25. The fourth-order valence-electron chi connectivity index (χ4n) is 3.09. The van der Waals surface area contributed by atoms with Crippen LogP contribution in [0.15, 0.2) is 36.5 Å². The van der Waals surface area contributed by atoms with E-state index in [9.17, 15) is 5.11 Å². The highest BCUT2D eigenvalue weighted by atomic mass is 35.5. The van der Waals surface area contributed by atoms with Crippen LogP contribution >= 0.6 is 11.6 Å². The van der Waals surface area contributed by atoms with Gasteiger partial charge in [0.25, 0.3) is 0 Å². The van der Waals surface area contributed by atoms with Crippen molar-refractivity contribution in [3.63, 3.8) is 0 Å². The first-order valence-corrected chi connectivity index (χ1v) is 8.21. The molecular formula is C17H22ClN3O2. The van der Waals surface area contributed by atoms with Gasteiger partial charge in [0.05, 0.1) is 25.5 Å². The standard InChI is InChI=1S/C17H22ClN3O2/c1-23-16-7-15(12-22)20(11-16)10-14-8-19-21(17(14)18)9-13-5-3-2-4-6-13/h2-6,8,15-16,22H,7,9-12H2,1H3/t15-,16+/m0/s1. The molecule has 0 bridgehead atoms. The molecular weight excluding hydrogens is 314 g/mol. The molecule has 3 rings (SSSR count). The van der Waals surface area contributed by atoms with Crippen LogP contribution in [-0.2, 0) is 17.8 Å². The number of nitrogens with zero attached hydrogens (tertiary/aromatic N) is 3. The summed E-state index contributed by atoms with van der Waals surface area (Å²) in [4.78, 5) is 2.21. The lowest BCUT2D eigenvalue weighted by Gasteiger charge is -2.21. The van der Waals surface area contributed by atoms with Crippen molar-refractivity contribution in [1.29, 1.82) is 0 Å². The second kappa shape index (κ2) is 7.45. The summed E-state index contributed by atoms with van der Waals surface area (Å²) in [5.74, 6) is 0. The molecule has 1 saturated heterocycles. The van der Waals surface area contributed by atoms with Crippen molar-refractivity contribution in [1.82, 2.24) is 14.7 Å². The van der Waals surface area contributed by atoms with E-state index in [1.54, 1.807) is 7.11 Å². The molecule has 1 aromatic carbocycles. The Balaban J connectivity index is 1.69. The predicted molar refractivity (Wildman–Crippen MR) is 89.5 cm³/mol. The van der Waals surface area contributed by atoms with Crippen molar-refractivity contribution in [3.8, 4) is 0 Å². The van der Waals surface area contributed by atoms with E-state index in [0.29, 0.717) is 18.2 Å². The van der Waals surface area contributed by atoms with E-state index in [4.69, 9.17) is 16.3 Å². The fourth-order valence-corrected chi connectivity index (χ4v) is 3.30. The summed E-state index contributed by atoms with van der Waals surface area (Å²) in [7, 11) is 1.72. The Hall–Kier alpha value is -1.40. The zero-order valence-electron chi connectivity index (χ0n) is 13.2. The van der Waals surface area contributed by atoms with Gasteiger partial charge in [-0.1, -0.05) is 41.9 Å². The van der Waals surface area contributed by atoms with Gasteiger partial charge in [0.15, 0.2) is 0 Å². The number of hydrogen-bond donors (Lipinski definition) is 1. The summed E-state index contributed by atoms with van der Waals surface area (Å²) in [6.45, 7) is 2.28. The van der Waals surface area contributed by atoms with Crippen LogP contribution in [0.2, 0.25) is 5.15 Å². The zero-order chi connectivity index (χ0) is 16.2. The number of benzene rings is 1. The number of hydrogen-bond acceptors (Lipinski definition) is 4. The summed E-state index contributed by atoms with van der Waals surface area (Å²) >= 11 is 6.49. The third-order valence-electron chi connectivity index (χ3n) is 4.43. The average Bonchev–Trinajstić information content (AvgIpc) is 3.14. The van der Waals surface area contributed by atoms with Crippen LogP contribution in [0.1, 0.15) is 17.5 Å². The summed E-state index contributed by atoms with van der Waals surface area (Å²) in [5.41, 5.74) is 2.15. The molecule has 0 unspecified atom stereocenters. The molecule has 0 saturated carbocycles. The van der Waals surface area contributed by atoms with Crippen LogP contribution in [0.3, 0.4) is 0 Å². The van der Waals surface area contributed by atoms with Crippen LogP contribution < -0.4 is 0 Å². The minimum Gasteiger partial charge on any atom is -0.395 e. The van der Waals surface area contributed by atoms with Crippen molar-refractivity contribution >= 4 is 11.6 Å². The minimum atomic E-state index is 0.119. The van der Waals surface area contributed by atoms with Gasteiger partial charge in [-0.15, -0.1) is 0 Å². The lowest BCUT2D eigenvalue weighted by atomic mass is 10.2. The van der Waals surface area contributed by atoms with E-state index in [2.05, 4.69) is 22.1 Å². The quantitative estimate of drug-likeness (QED) is 0.879. The minimum absolute atomic E-state index is 0.119. The molecule has 5 nitrogen and oxygen atoms in total. The molecule has 1 N–H and O–H groups in total. The van der Waals surface area contributed by atoms with Gasteiger partial charge in [-0.25, -0.2) is 4.68 Å². The Bertz CT molecular complexity index is 632. The number of ether oxygens (including phenoxy) is 1. The molecule has 124 valence electrons. The monoisotopic (exact) mass is 335 g/mol. The van der Waals surface area contributed by atoms with Crippen LogP contribution in [0.5, 0.6) is 0 Å². The maximum Gasteiger partial charge on any atom is 0.131 e. The molecule has 2 aromatic rings. The van der Waals surface area contributed by atoms with Crippen molar-refractivity contribution in [3.05, 3.63) is 52.8 Å². The second-order valence-electron chi connectivity index (χ2n) is 5.96. The number of rotatable bonds is 6. The van der Waals surface area contributed by atoms with Crippen molar-refractivity contribution in [2.75, 3.05) is 20.3 Å². The highest BCUT2D eigenvalue weighted by molar-refractivity contribution is 6.30. The van der Waals surface area contributed by atoms with Crippen molar-refractivity contribution < 1.29 is 9.84 Å². The van der Waals surface area contributed by atoms with Gasteiger partial charge in [-0.2, -0.15) is 5.10 Å². The first-order chi connectivity index (χ1) is 11.2. The first kappa shape index (κ1) is 16.5. The molecule has 2 atom stereocenters. The van der Waals surface area contributed by atoms with Crippen molar-refractivity contribution in [2.24, 2.45) is 0 Å². The first-order valence-electron chi connectivity index (χ1n) is 7.83. The van der Waals surface area contributed by atoms with E-state index in [1.165, 1.54) is 0 Å². The Morgan fingerprint density at radius 2 is 2.09 bits per heavy atom. The summed E-state index contributed by atoms with van der Waals surface area (Å²) in [6, 6.07) is 10.2. The topological polar surface area (TPSA) is 50.5 Å². The molecule has 0 aliphatic carbocycles. The maximum atomic E-state index is 9.55. The summed E-state index contributed by atoms with van der Waals surface area (Å²) < 4.78 is 7.23. The lowest BCUT2D eigenvalue weighted by molar-refractivity contribution is 0.107. The zero-order valence-corrected chi connectivity index (χ0v) is 14.0. The summed E-state index contributed by atoms with van der Waals surface area (Å²) in [5, 5.41) is 14.6. The van der Waals surface area contributed by atoms with Gasteiger partial charge >= 0.3 is 0 Å². The smallest absolute Gasteiger partial charge is 0.131 e. The van der Waals surface area contributed by atoms with Gasteiger partial charge in [0, 0.05) is 31.8 Å². The molecule has 6 heteroatoms. The van der Waals surface area contributed by atoms with E-state index in [-0.39, 0.29) is 18.8 Å². The van der Waals surface area contributed by atoms with Crippen LogP contribution in [0.4, 0.5) is 0 Å². The second-order valence-corrected chi connectivity index (χ2v) is 6.32. The molecule has 0 radical (unpaired) electrons. The Morgan fingerprint density at radius 3 is 2.78 bits per heavy atom. The number of aromatic nitrogens is 2. The van der Waals surface area contributed by atoms with Crippen LogP contribution in [0, 0.1) is 0 Å². The fraction of sp³-hybridized carbons (Fsp3) is 0.471. The van der Waals surface area contributed by atoms with Crippen LogP contribution in [-0.4, -0.2) is 52.2 Å². The molecule has 23 heavy (non-hydrogen) atoms. The maximum absolute atomic E-state index is 9.55. The molecule has 1 aliphatic heterocycles. The number of methoxy groups -OCH3 is 1. The highest BCUT2D eigenvalue weighted by Gasteiger charge is 2.32. The summed E-state index contributed by atoms with van der Waals surface area (Å²) in [6.07, 6.45) is 2.84. The van der Waals surface area contributed by atoms with E-state index >= 15 is 0 Å². The third kappa shape index (κ3) is 3.75. The van der Waals surface area contributed by atoms with Crippen LogP contribution in [0.25, 0.3) is 0 Å². The molecule has 1 fully saturated rings. The van der Waals surface area contributed by atoms with E-state index in [1.807, 2.05) is 29.1 Å². The number of likely N-dealkylation sites (tertiary alicyclic amines) is 1. The number of halogens is 1. The average molecular weight is 336 g/mol. The molecule has 1 aromatic heterocycles. The molecule has 0 amide bonds. The van der Waals surface area contributed by atoms with E-state index < -0.39 is 0 Å². The van der Waals surface area contributed by atoms with Crippen molar-refractivity contribution in [2.45, 2.75) is 31.7 Å². The largest absolute Gasteiger partial charge is 0.395 e. The normalized spacial score (nSPS) is 21.9. The third-order valence-corrected chi connectivity index (χ3v) is 4.86. The number of aliphatic hydroxyl groups excluding tert-OH is 1. The SMILES string of the molecule is CO[C@@H]1C[C@@H](CO)N(Cc2cnn(Cc3ccccc3)c2Cl)C1. The Morgan fingerprint density at radius 1 is 1.30 bits per heavy atom. The Labute approximate surface area is 141 Å². The van der Waals surface area contributed by atoms with Gasteiger partial charge in [0.1, 0.15) is 5.15 Å². The van der Waals surface area contributed by atoms with Gasteiger partial charge in [-0.05, 0) is 12.0 Å². The van der Waals surface area contributed by atoms with E-state index in [0.717, 1.165) is 24.1 Å². The predicted octanol–water partition coefficient (Wildman–Crippen LogP) is 2.17. The molecule has 1 aliphatic rings. The molecule has 0 spiro atoms. The van der Waals surface area contributed by atoms with Gasteiger partial charge in [-0.3, -0.25) is 4.90 Å². The number of aliphatic hydroxyl groups is 1. The van der Waals surface area contributed by atoms with Gasteiger partial charge in [0.2, 0.25) is 0 Å². The Kier molecular flexibility index (Phi) is 5.33. The van der Waals surface area contributed by atoms with Gasteiger partial charge < -0.3 is 9.84 Å².